The molecule has 180 valence electrons. The molecule has 1 aliphatic carbocycles. The minimum absolute atomic E-state index is 0.000614. The Morgan fingerprint density at radius 2 is 1.97 bits per heavy atom. The normalized spacial score (nSPS) is 23.9. The molecule has 8 nitrogen and oxygen atoms in total. The number of hydrogen-bond acceptors (Lipinski definition) is 5. The molecule has 4 rings (SSSR count). The molecule has 0 spiro atoms. The zero-order valence-electron chi connectivity index (χ0n) is 18.6. The molecule has 1 aromatic carbocycles. The van der Waals surface area contributed by atoms with E-state index in [0.29, 0.717) is 21.7 Å². The number of ether oxygens (including phenoxy) is 1. The largest absolute Gasteiger partial charge is 0.394 e. The molecule has 2 aromatic rings. The van der Waals surface area contributed by atoms with Crippen LogP contribution in [0.25, 0.3) is 0 Å². The number of aliphatic hydroxyl groups excluding tert-OH is 1. The standard InChI is InChI=1S/C23H31Cl2N5O3/c24-18-8-6-16(12-19(18)25)26-23(32)27-20-9-7-17(33-22(20)14-31)10-11-30-13-21(28-29-30)15-4-2-1-3-5-15/h6,8,12-13,15,17,20,22,31H,1-5,7,9-11,14H2,(H2,26,27,32)/t17-,20-,22+/m1/s1. The van der Waals surface area contributed by atoms with Crippen LogP contribution < -0.4 is 10.6 Å². The first-order chi connectivity index (χ1) is 16.0. The third-order valence-electron chi connectivity index (χ3n) is 6.55. The lowest BCUT2D eigenvalue weighted by atomic mass is 9.87. The number of nitrogens with one attached hydrogen (secondary N) is 2. The highest BCUT2D eigenvalue weighted by Crippen LogP contribution is 2.31. The van der Waals surface area contributed by atoms with Crippen LogP contribution in [0.1, 0.15) is 63.0 Å². The Balaban J connectivity index is 1.24. The molecule has 0 unspecified atom stereocenters. The van der Waals surface area contributed by atoms with Gasteiger partial charge in [0.2, 0.25) is 0 Å². The molecule has 2 heterocycles. The Labute approximate surface area is 204 Å². The van der Waals surface area contributed by atoms with E-state index < -0.39 is 6.10 Å². The van der Waals surface area contributed by atoms with Crippen LogP contribution in [0.15, 0.2) is 24.4 Å². The smallest absolute Gasteiger partial charge is 0.319 e. The summed E-state index contributed by atoms with van der Waals surface area (Å²) in [6, 6.07) is 4.23. The molecular formula is C23H31Cl2N5O3. The number of halogens is 2. The predicted molar refractivity (Wildman–Crippen MR) is 128 cm³/mol. The third kappa shape index (κ3) is 6.59. The van der Waals surface area contributed by atoms with Crippen LogP contribution in [-0.4, -0.2) is 51.0 Å². The van der Waals surface area contributed by atoms with Crippen LogP contribution in [0.3, 0.4) is 0 Å². The van der Waals surface area contributed by atoms with Crippen LogP contribution in [0.5, 0.6) is 0 Å². The zero-order chi connectivity index (χ0) is 23.2. The quantitative estimate of drug-likeness (QED) is 0.514. The van der Waals surface area contributed by atoms with E-state index in [9.17, 15) is 9.90 Å². The highest BCUT2D eigenvalue weighted by molar-refractivity contribution is 6.42. The Morgan fingerprint density at radius 3 is 2.73 bits per heavy atom. The Hall–Kier alpha value is -1.87. The maximum atomic E-state index is 12.4. The molecule has 0 bridgehead atoms. The number of benzene rings is 1. The molecule has 33 heavy (non-hydrogen) atoms. The number of rotatable bonds is 7. The summed E-state index contributed by atoms with van der Waals surface area (Å²) in [5.74, 6) is 0.541. The lowest BCUT2D eigenvalue weighted by Gasteiger charge is -2.36. The molecule has 1 aliphatic heterocycles. The van der Waals surface area contributed by atoms with Gasteiger partial charge in [0.25, 0.3) is 0 Å². The minimum Gasteiger partial charge on any atom is -0.394 e. The highest BCUT2D eigenvalue weighted by Gasteiger charge is 2.32. The average Bonchev–Trinajstić information content (AvgIpc) is 3.30. The topological polar surface area (TPSA) is 101 Å². The molecule has 1 saturated carbocycles. The van der Waals surface area contributed by atoms with Gasteiger partial charge in [-0.1, -0.05) is 47.7 Å². The van der Waals surface area contributed by atoms with Crippen molar-refractivity contribution in [3.63, 3.8) is 0 Å². The fraction of sp³-hybridized carbons (Fsp3) is 0.609. The SMILES string of the molecule is O=C(Nc1ccc(Cl)c(Cl)c1)N[C@@H]1CC[C@H](CCn2cc(C3CCCCC3)nn2)O[C@H]1CO. The second kappa shape index (κ2) is 11.5. The number of amides is 2. The van der Waals surface area contributed by atoms with Gasteiger partial charge in [-0.25, -0.2) is 4.79 Å². The van der Waals surface area contributed by atoms with Gasteiger partial charge in [0.05, 0.1) is 34.5 Å². The van der Waals surface area contributed by atoms with Crippen molar-refractivity contribution in [1.29, 1.82) is 0 Å². The lowest BCUT2D eigenvalue weighted by molar-refractivity contribution is -0.0905. The van der Waals surface area contributed by atoms with Crippen molar-refractivity contribution in [3.05, 3.63) is 40.1 Å². The maximum absolute atomic E-state index is 12.4. The van der Waals surface area contributed by atoms with Crippen LogP contribution in [0, 0.1) is 0 Å². The number of aromatic nitrogens is 3. The summed E-state index contributed by atoms with van der Waals surface area (Å²) >= 11 is 11.9. The Morgan fingerprint density at radius 1 is 1.15 bits per heavy atom. The number of aliphatic hydroxyl groups is 1. The second-order valence-electron chi connectivity index (χ2n) is 8.92. The molecule has 10 heteroatoms. The fourth-order valence-electron chi connectivity index (χ4n) is 4.70. The summed E-state index contributed by atoms with van der Waals surface area (Å²) < 4.78 is 7.99. The van der Waals surface area contributed by atoms with Crippen LogP contribution >= 0.6 is 23.2 Å². The van der Waals surface area contributed by atoms with E-state index in [1.165, 1.54) is 32.1 Å². The summed E-state index contributed by atoms with van der Waals surface area (Å²) in [5.41, 5.74) is 1.64. The van der Waals surface area contributed by atoms with Gasteiger partial charge in [-0.15, -0.1) is 5.10 Å². The van der Waals surface area contributed by atoms with E-state index in [4.69, 9.17) is 27.9 Å². The van der Waals surface area contributed by atoms with Gasteiger partial charge in [-0.2, -0.15) is 0 Å². The highest BCUT2D eigenvalue weighted by atomic mass is 35.5. The van der Waals surface area contributed by atoms with Gasteiger partial charge in [-0.05, 0) is 50.3 Å². The number of hydrogen-bond donors (Lipinski definition) is 3. The van der Waals surface area contributed by atoms with Crippen molar-refractivity contribution < 1.29 is 14.6 Å². The monoisotopic (exact) mass is 495 g/mol. The van der Waals surface area contributed by atoms with Crippen molar-refractivity contribution in [1.82, 2.24) is 20.3 Å². The number of anilines is 1. The van der Waals surface area contributed by atoms with E-state index in [0.717, 1.165) is 31.5 Å². The zero-order valence-corrected chi connectivity index (χ0v) is 20.1. The molecule has 1 aromatic heterocycles. The van der Waals surface area contributed by atoms with Gasteiger partial charge in [-0.3, -0.25) is 4.68 Å². The van der Waals surface area contributed by atoms with E-state index in [2.05, 4.69) is 27.1 Å². The number of urea groups is 1. The minimum atomic E-state index is -0.461. The molecule has 3 N–H and O–H groups in total. The third-order valence-corrected chi connectivity index (χ3v) is 7.29. The first kappa shape index (κ1) is 24.3. The number of carbonyl (C=O) groups excluding carboxylic acids is 1. The van der Waals surface area contributed by atoms with Crippen molar-refractivity contribution in [2.24, 2.45) is 0 Å². The predicted octanol–water partition coefficient (Wildman–Crippen LogP) is 4.75. The summed E-state index contributed by atoms with van der Waals surface area (Å²) in [5, 5.41) is 24.9. The maximum Gasteiger partial charge on any atom is 0.319 e. The van der Waals surface area contributed by atoms with Gasteiger partial charge >= 0.3 is 6.03 Å². The molecule has 2 aliphatic rings. The number of carbonyl (C=O) groups is 1. The Bertz CT molecular complexity index is 935. The average molecular weight is 496 g/mol. The van der Waals surface area contributed by atoms with Crippen molar-refractivity contribution in [2.45, 2.75) is 82.1 Å². The van der Waals surface area contributed by atoms with E-state index in [1.807, 2.05) is 4.68 Å². The van der Waals surface area contributed by atoms with Crippen LogP contribution in [0.2, 0.25) is 10.0 Å². The van der Waals surface area contributed by atoms with Gasteiger partial charge in [0, 0.05) is 24.3 Å². The number of nitrogens with zero attached hydrogens (tertiary/aromatic N) is 3. The first-order valence-electron chi connectivity index (χ1n) is 11.7. The van der Waals surface area contributed by atoms with E-state index in [-0.39, 0.29) is 24.8 Å². The molecule has 2 amide bonds. The molecule has 1 saturated heterocycles. The van der Waals surface area contributed by atoms with Crippen molar-refractivity contribution in [2.75, 3.05) is 11.9 Å². The summed E-state index contributed by atoms with van der Waals surface area (Å²) in [6.45, 7) is 0.557. The fourth-order valence-corrected chi connectivity index (χ4v) is 5.00. The molecule has 0 radical (unpaired) electrons. The van der Waals surface area contributed by atoms with Crippen LogP contribution in [0.4, 0.5) is 10.5 Å². The second-order valence-corrected chi connectivity index (χ2v) is 9.73. The molecule has 3 atom stereocenters. The lowest BCUT2D eigenvalue weighted by Crippen LogP contribution is -2.52. The first-order valence-corrected chi connectivity index (χ1v) is 12.5. The number of aryl methyl sites for hydroxylation is 1. The van der Waals surface area contributed by atoms with Crippen LogP contribution in [-0.2, 0) is 11.3 Å². The summed E-state index contributed by atoms with van der Waals surface area (Å²) in [7, 11) is 0. The summed E-state index contributed by atoms with van der Waals surface area (Å²) in [6.07, 6.45) is 10.2. The van der Waals surface area contributed by atoms with Gasteiger partial charge < -0.3 is 20.5 Å². The van der Waals surface area contributed by atoms with Gasteiger partial charge in [0.15, 0.2) is 0 Å². The van der Waals surface area contributed by atoms with E-state index >= 15 is 0 Å². The van der Waals surface area contributed by atoms with E-state index in [1.54, 1.807) is 18.2 Å². The molecular weight excluding hydrogens is 465 g/mol. The summed E-state index contributed by atoms with van der Waals surface area (Å²) in [4.78, 5) is 12.4. The van der Waals surface area contributed by atoms with Crippen molar-refractivity contribution >= 4 is 34.9 Å². The Kier molecular flexibility index (Phi) is 8.46. The van der Waals surface area contributed by atoms with Gasteiger partial charge in [0.1, 0.15) is 6.10 Å². The molecule has 2 fully saturated rings. The van der Waals surface area contributed by atoms with Crippen molar-refractivity contribution in [3.8, 4) is 0 Å².